The topological polar surface area (TPSA) is 102 Å². The van der Waals surface area contributed by atoms with Gasteiger partial charge in [-0.2, -0.15) is 0 Å². The van der Waals surface area contributed by atoms with Crippen molar-refractivity contribution in [3.05, 3.63) is 23.8 Å². The van der Waals surface area contributed by atoms with Crippen molar-refractivity contribution >= 4 is 11.7 Å². The molecule has 6 nitrogen and oxygen atoms in total. The van der Waals surface area contributed by atoms with Crippen LogP contribution in [0.2, 0.25) is 0 Å². The van der Waals surface area contributed by atoms with Gasteiger partial charge in [-0.15, -0.1) is 13.2 Å². The van der Waals surface area contributed by atoms with Gasteiger partial charge in [-0.3, -0.25) is 4.79 Å². The monoisotopic (exact) mass is 309 g/mol. The molecule has 1 aromatic rings. The average molecular weight is 309 g/mol. The lowest BCUT2D eigenvalue weighted by molar-refractivity contribution is -0.274. The first-order valence-corrected chi connectivity index (χ1v) is 5.72. The van der Waals surface area contributed by atoms with Gasteiger partial charge in [-0.05, 0) is 6.07 Å². The predicted octanol–water partition coefficient (Wildman–Crippen LogP) is 1.12. The van der Waals surface area contributed by atoms with E-state index in [1.165, 1.54) is 0 Å². The van der Waals surface area contributed by atoms with Crippen molar-refractivity contribution in [2.75, 3.05) is 12.8 Å². The van der Waals surface area contributed by atoms with Gasteiger partial charge in [-0.25, -0.2) is 0 Å². The summed E-state index contributed by atoms with van der Waals surface area (Å²) in [6.07, 6.45) is -8.41. The number of aliphatic hydroxyl groups excluding tert-OH is 2. The Kier molecular flexibility index (Phi) is 5.39. The van der Waals surface area contributed by atoms with Crippen molar-refractivity contribution in [3.63, 3.8) is 0 Å². The minimum Gasteiger partial charge on any atom is -0.469 e. The minimum atomic E-state index is -4.86. The summed E-state index contributed by atoms with van der Waals surface area (Å²) in [5.74, 6) is -1.31. The highest BCUT2D eigenvalue weighted by molar-refractivity contribution is 5.70. The normalized spacial score (nSPS) is 14.4. The number of nitrogens with two attached hydrogens (primary N) is 1. The fourth-order valence-corrected chi connectivity index (χ4v) is 1.59. The van der Waals surface area contributed by atoms with Crippen LogP contribution in [0.15, 0.2) is 18.2 Å². The SMILES string of the molecule is COC(=O)CC(O)C(O)c1ccc(OC(F)(F)F)cc1N. The lowest BCUT2D eigenvalue weighted by Gasteiger charge is -2.19. The highest BCUT2D eigenvalue weighted by Crippen LogP contribution is 2.30. The Morgan fingerprint density at radius 3 is 2.48 bits per heavy atom. The van der Waals surface area contributed by atoms with Crippen LogP contribution in [0.4, 0.5) is 18.9 Å². The molecule has 2 atom stereocenters. The second-order valence-corrected chi connectivity index (χ2v) is 4.13. The summed E-state index contributed by atoms with van der Waals surface area (Å²) >= 11 is 0. The molecule has 0 aliphatic carbocycles. The first-order chi connectivity index (χ1) is 9.64. The van der Waals surface area contributed by atoms with E-state index in [0.717, 1.165) is 25.3 Å². The van der Waals surface area contributed by atoms with Crippen LogP contribution >= 0.6 is 0 Å². The summed E-state index contributed by atoms with van der Waals surface area (Å²) in [5, 5.41) is 19.5. The maximum Gasteiger partial charge on any atom is 0.573 e. The number of hydrogen-bond donors (Lipinski definition) is 3. The van der Waals surface area contributed by atoms with Gasteiger partial charge >= 0.3 is 12.3 Å². The molecular formula is C12H14F3NO5. The van der Waals surface area contributed by atoms with Crippen molar-refractivity contribution in [2.24, 2.45) is 0 Å². The fraction of sp³-hybridized carbons (Fsp3) is 0.417. The minimum absolute atomic E-state index is 0.0269. The van der Waals surface area contributed by atoms with Crippen LogP contribution < -0.4 is 10.5 Å². The van der Waals surface area contributed by atoms with Crippen molar-refractivity contribution in [3.8, 4) is 5.75 Å². The maximum atomic E-state index is 12.0. The largest absolute Gasteiger partial charge is 0.573 e. The Morgan fingerprint density at radius 2 is 2.00 bits per heavy atom. The second kappa shape index (κ2) is 6.64. The van der Waals surface area contributed by atoms with Gasteiger partial charge < -0.3 is 25.4 Å². The molecule has 9 heteroatoms. The molecule has 0 spiro atoms. The summed E-state index contributed by atoms with van der Waals surface area (Å²) in [6, 6.07) is 2.87. The Morgan fingerprint density at radius 1 is 1.38 bits per heavy atom. The Bertz CT molecular complexity index is 506. The van der Waals surface area contributed by atoms with Crippen molar-refractivity contribution < 1.29 is 37.7 Å². The molecule has 118 valence electrons. The fourth-order valence-electron chi connectivity index (χ4n) is 1.59. The van der Waals surface area contributed by atoms with Gasteiger partial charge in [0.1, 0.15) is 11.9 Å². The van der Waals surface area contributed by atoms with Crippen LogP contribution in [0.1, 0.15) is 18.1 Å². The number of hydrogen-bond acceptors (Lipinski definition) is 6. The third kappa shape index (κ3) is 5.12. The van der Waals surface area contributed by atoms with Gasteiger partial charge in [0.05, 0.1) is 19.6 Å². The number of nitrogen functional groups attached to an aromatic ring is 1. The Balaban J connectivity index is 2.86. The van der Waals surface area contributed by atoms with Crippen molar-refractivity contribution in [2.45, 2.75) is 25.0 Å². The van der Waals surface area contributed by atoms with Crippen LogP contribution in [0.5, 0.6) is 5.75 Å². The van der Waals surface area contributed by atoms with Gasteiger partial charge in [0.2, 0.25) is 0 Å². The van der Waals surface area contributed by atoms with E-state index in [1.54, 1.807) is 0 Å². The lowest BCUT2D eigenvalue weighted by atomic mass is 10.0. The highest BCUT2D eigenvalue weighted by atomic mass is 19.4. The van der Waals surface area contributed by atoms with E-state index in [0.29, 0.717) is 0 Å². The van der Waals surface area contributed by atoms with E-state index < -0.39 is 36.7 Å². The number of ether oxygens (including phenoxy) is 2. The van der Waals surface area contributed by atoms with Crippen molar-refractivity contribution in [1.29, 1.82) is 0 Å². The zero-order valence-corrected chi connectivity index (χ0v) is 10.9. The molecule has 1 aromatic carbocycles. The number of carbonyl (C=O) groups excluding carboxylic acids is 1. The number of carbonyl (C=O) groups is 1. The number of benzene rings is 1. The Labute approximate surface area is 117 Å². The second-order valence-electron chi connectivity index (χ2n) is 4.13. The summed E-state index contributed by atoms with van der Waals surface area (Å²) in [6.45, 7) is 0. The molecule has 1 rings (SSSR count). The Hall–Kier alpha value is -2.00. The number of methoxy groups -OCH3 is 1. The number of aliphatic hydroxyl groups is 2. The first kappa shape index (κ1) is 17.1. The first-order valence-electron chi connectivity index (χ1n) is 5.72. The molecule has 0 amide bonds. The molecule has 21 heavy (non-hydrogen) atoms. The van der Waals surface area contributed by atoms with E-state index >= 15 is 0 Å². The van der Waals surface area contributed by atoms with Crippen LogP contribution in [0.3, 0.4) is 0 Å². The summed E-state index contributed by atoms with van der Waals surface area (Å²) in [5.41, 5.74) is 5.27. The van der Waals surface area contributed by atoms with Gasteiger partial charge in [-0.1, -0.05) is 6.07 Å². The molecule has 0 saturated heterocycles. The van der Waals surface area contributed by atoms with Crippen LogP contribution in [0.25, 0.3) is 0 Å². The number of halogens is 3. The van der Waals surface area contributed by atoms with E-state index in [4.69, 9.17) is 5.73 Å². The summed E-state index contributed by atoms with van der Waals surface area (Å²) in [4.78, 5) is 11.0. The number of alkyl halides is 3. The zero-order chi connectivity index (χ0) is 16.2. The standard InChI is InChI=1S/C12H14F3NO5/c1-20-10(18)5-9(17)11(19)7-3-2-6(4-8(7)16)21-12(13,14)15/h2-4,9,11,17,19H,5,16H2,1H3. The molecule has 0 heterocycles. The van der Waals surface area contributed by atoms with Crippen LogP contribution in [0, 0.1) is 0 Å². The number of esters is 1. The van der Waals surface area contributed by atoms with Crippen LogP contribution in [-0.2, 0) is 9.53 Å². The molecule has 0 saturated carbocycles. The summed E-state index contributed by atoms with van der Waals surface area (Å²) < 4.78 is 44.1. The molecule has 0 aromatic heterocycles. The van der Waals surface area contributed by atoms with Crippen molar-refractivity contribution in [1.82, 2.24) is 0 Å². The molecule has 4 N–H and O–H groups in total. The smallest absolute Gasteiger partial charge is 0.469 e. The van der Waals surface area contributed by atoms with E-state index in [1.807, 2.05) is 0 Å². The number of rotatable bonds is 5. The third-order valence-corrected chi connectivity index (χ3v) is 2.58. The van der Waals surface area contributed by atoms with Crippen LogP contribution in [-0.4, -0.2) is 35.8 Å². The predicted molar refractivity (Wildman–Crippen MR) is 65.1 cm³/mol. The molecule has 0 bridgehead atoms. The molecular weight excluding hydrogens is 295 g/mol. The molecule has 0 aliphatic rings. The quantitative estimate of drug-likeness (QED) is 0.556. The molecule has 0 aliphatic heterocycles. The van der Waals surface area contributed by atoms with E-state index in [-0.39, 0.29) is 11.3 Å². The van der Waals surface area contributed by atoms with Gasteiger partial charge in [0, 0.05) is 17.3 Å². The third-order valence-electron chi connectivity index (χ3n) is 2.58. The zero-order valence-electron chi connectivity index (χ0n) is 10.9. The highest BCUT2D eigenvalue weighted by Gasteiger charge is 2.31. The van der Waals surface area contributed by atoms with Gasteiger partial charge in [0.25, 0.3) is 0 Å². The maximum absolute atomic E-state index is 12.0. The number of anilines is 1. The molecule has 0 radical (unpaired) electrons. The van der Waals surface area contributed by atoms with Gasteiger partial charge in [0.15, 0.2) is 0 Å². The summed E-state index contributed by atoms with van der Waals surface area (Å²) in [7, 11) is 1.11. The molecule has 0 fully saturated rings. The lowest BCUT2D eigenvalue weighted by Crippen LogP contribution is -2.23. The average Bonchev–Trinajstić information content (AvgIpc) is 2.36. The van der Waals surface area contributed by atoms with E-state index in [2.05, 4.69) is 9.47 Å². The molecule has 2 unspecified atom stereocenters. The van der Waals surface area contributed by atoms with E-state index in [9.17, 15) is 28.2 Å².